The molecule has 0 bridgehead atoms. The summed E-state index contributed by atoms with van der Waals surface area (Å²) in [6, 6.07) is 19.1. The fourth-order valence-corrected chi connectivity index (χ4v) is 12.2. The minimum absolute atomic E-state index is 0.0766. The van der Waals surface area contributed by atoms with Crippen molar-refractivity contribution < 1.29 is 60.7 Å². The molecule has 0 radical (unpaired) electrons. The Morgan fingerprint density at radius 2 is 1.77 bits per heavy atom. The van der Waals surface area contributed by atoms with Crippen molar-refractivity contribution in [3.05, 3.63) is 121 Å². The summed E-state index contributed by atoms with van der Waals surface area (Å²) in [7, 11) is -11.2. The molecule has 380 valence electrons. The van der Waals surface area contributed by atoms with Crippen LogP contribution in [0.4, 0.5) is 11.5 Å². The van der Waals surface area contributed by atoms with E-state index >= 15 is 0 Å². The standard InChI is InChI=1S/C47H58N7O14P3/c1-7-53-24-11-14-30-25-37-39(27-40(30)53)47(2,3)38-26-32(51(4)5)18-20-36(38)43(37)34-15-8-9-16-35(34)45(56)52(6)23-12-17-41(55)49-22-10-13-31-28-54(46(57)50-44(31)48)42-21-19-33(66-42)29-65-70(61,62)68-71(63,64)67-69(58,59)60/h8-9,15-16,18,20,25-28,33,42H,7,11-12,14,17,19,21-24,29H2,1-6H3,(H6-,48,49,50,55,57,58,59,60,61,62,63,64)/t33-,42+/m0/s1. The molecule has 1 saturated heterocycles. The third-order valence-corrected chi connectivity index (χ3v) is 16.5. The molecule has 1 aliphatic carbocycles. The third kappa shape index (κ3) is 12.5. The molecule has 3 aromatic carbocycles. The first kappa shape index (κ1) is 53.5. The van der Waals surface area contributed by atoms with Crippen LogP contribution in [-0.2, 0) is 48.2 Å². The normalized spacial score (nSPS) is 19.4. The molecule has 3 aliphatic rings. The second kappa shape index (κ2) is 21.4. The number of benzene rings is 3. The highest BCUT2D eigenvalue weighted by molar-refractivity contribution is 7.66. The molecule has 3 heterocycles. The van der Waals surface area contributed by atoms with E-state index in [0.29, 0.717) is 18.5 Å². The molecule has 4 aromatic rings. The van der Waals surface area contributed by atoms with Gasteiger partial charge in [-0.3, -0.25) is 23.2 Å². The van der Waals surface area contributed by atoms with E-state index in [1.54, 1.807) is 11.9 Å². The van der Waals surface area contributed by atoms with Gasteiger partial charge in [-0.2, -0.15) is 9.29 Å². The number of hydrogen-bond acceptors (Lipinski definition) is 14. The van der Waals surface area contributed by atoms with Crippen LogP contribution in [0.15, 0.2) is 65.6 Å². The lowest BCUT2D eigenvalue weighted by molar-refractivity contribution is -0.212. The fourth-order valence-electron chi connectivity index (χ4n) is 9.20. The van der Waals surface area contributed by atoms with Crippen molar-refractivity contribution in [2.24, 2.45) is 0 Å². The summed E-state index contributed by atoms with van der Waals surface area (Å²) in [5, 5.41) is 5.14. The molecule has 5 atom stereocenters. The van der Waals surface area contributed by atoms with Crippen molar-refractivity contribution in [2.75, 3.05) is 64.6 Å². The molecule has 2 aliphatic heterocycles. The maximum Gasteiger partial charge on any atom is 0.487 e. The summed E-state index contributed by atoms with van der Waals surface area (Å²) >= 11 is 0. The van der Waals surface area contributed by atoms with E-state index in [4.69, 9.17) is 15.4 Å². The molecule has 71 heavy (non-hydrogen) atoms. The van der Waals surface area contributed by atoms with Crippen LogP contribution in [0, 0.1) is 11.8 Å². The van der Waals surface area contributed by atoms with Crippen LogP contribution < -0.4 is 41.7 Å². The number of nitrogens with one attached hydrogen (secondary N) is 1. The molecule has 3 unspecified atom stereocenters. The summed E-state index contributed by atoms with van der Waals surface area (Å²) in [5.74, 6) is 4.91. The van der Waals surface area contributed by atoms with Gasteiger partial charge in [0, 0.05) is 75.0 Å². The first-order valence-electron chi connectivity index (χ1n) is 22.9. The second-order valence-corrected chi connectivity index (χ2v) is 22.5. The summed E-state index contributed by atoms with van der Waals surface area (Å²) < 4.78 is 55.6. The van der Waals surface area contributed by atoms with Crippen LogP contribution in [0.3, 0.4) is 0 Å². The Kier molecular flexibility index (Phi) is 16.1. The zero-order valence-corrected chi connectivity index (χ0v) is 42.9. The maximum absolute atomic E-state index is 14.4. The predicted molar refractivity (Wildman–Crippen MR) is 261 cm³/mol. The van der Waals surface area contributed by atoms with Gasteiger partial charge in [-0.05, 0) is 89.9 Å². The number of ether oxygens (including phenoxy) is 1. The van der Waals surface area contributed by atoms with Crippen LogP contribution >= 0.6 is 23.5 Å². The summed E-state index contributed by atoms with van der Waals surface area (Å²) in [6.45, 7) is 8.23. The van der Waals surface area contributed by atoms with Crippen LogP contribution in [0.25, 0.3) is 5.57 Å². The SMILES string of the molecule is CC[N+]1=c2cc3c(cc2CCC1)=C(c1ccccc1C(=O)N(C)CCCC(=O)NCC#Cc1cn([C@H]2CC[C@@H](COP(=O)(O)OP(=O)(O)OP(=O)([O-])O)O2)c(=O)nc1N)c1ccc(N(C)C)cc1C3(C)C. The number of anilines is 2. The Balaban J connectivity index is 0.985. The molecule has 6 N–H and O–H groups in total. The quantitative estimate of drug-likeness (QED) is 0.0577. The highest BCUT2D eigenvalue weighted by Crippen LogP contribution is 2.65. The first-order valence-corrected chi connectivity index (χ1v) is 27.4. The van der Waals surface area contributed by atoms with Gasteiger partial charge in [0.05, 0.1) is 24.8 Å². The Labute approximate surface area is 410 Å². The zero-order valence-electron chi connectivity index (χ0n) is 40.2. The van der Waals surface area contributed by atoms with Gasteiger partial charge in [-0.15, -0.1) is 0 Å². The van der Waals surface area contributed by atoms with Crippen molar-refractivity contribution in [3.63, 3.8) is 0 Å². The van der Waals surface area contributed by atoms with Crippen LogP contribution in [0.5, 0.6) is 0 Å². The molecule has 1 fully saturated rings. The van der Waals surface area contributed by atoms with E-state index in [1.807, 2.05) is 38.4 Å². The summed E-state index contributed by atoms with van der Waals surface area (Å²) in [4.78, 5) is 86.0. The topological polar surface area (TPSA) is 288 Å². The van der Waals surface area contributed by atoms with E-state index in [-0.39, 0.29) is 54.4 Å². The second-order valence-electron chi connectivity index (χ2n) is 18.2. The van der Waals surface area contributed by atoms with E-state index in [0.717, 1.165) is 58.1 Å². The van der Waals surface area contributed by atoms with Gasteiger partial charge in [-0.25, -0.2) is 22.8 Å². The van der Waals surface area contributed by atoms with Crippen LogP contribution in [-0.4, -0.2) is 101 Å². The maximum atomic E-state index is 14.4. The van der Waals surface area contributed by atoms with Crippen LogP contribution in [0.1, 0.15) is 103 Å². The lowest BCUT2D eigenvalue weighted by Crippen LogP contribution is -2.43. The van der Waals surface area contributed by atoms with E-state index in [9.17, 15) is 42.8 Å². The van der Waals surface area contributed by atoms with E-state index < -0.39 is 48.1 Å². The minimum Gasteiger partial charge on any atom is -0.756 e. The number of aromatic nitrogens is 2. The van der Waals surface area contributed by atoms with Crippen molar-refractivity contribution in [1.82, 2.24) is 24.3 Å². The molecular formula is C47H58N7O14P3. The number of fused-ring (bicyclic) bond motifs is 3. The Bertz CT molecular complexity index is 3160. The number of amides is 2. The van der Waals surface area contributed by atoms with Crippen molar-refractivity contribution in [2.45, 2.75) is 77.0 Å². The molecule has 7 rings (SSSR count). The molecular weight excluding hydrogens is 979 g/mol. The van der Waals surface area contributed by atoms with Gasteiger partial charge < -0.3 is 45.2 Å². The number of phosphoric acid groups is 3. The first-order chi connectivity index (χ1) is 33.4. The number of phosphoric ester groups is 1. The van der Waals surface area contributed by atoms with Gasteiger partial charge in [0.2, 0.25) is 11.3 Å². The van der Waals surface area contributed by atoms with Crippen molar-refractivity contribution in [1.29, 1.82) is 0 Å². The van der Waals surface area contributed by atoms with Gasteiger partial charge in [0.15, 0.2) is 0 Å². The van der Waals surface area contributed by atoms with Gasteiger partial charge in [0.1, 0.15) is 25.1 Å². The average Bonchev–Trinajstić information content (AvgIpc) is 3.77. The number of nitrogen functional groups attached to an aromatic ring is 1. The molecule has 24 heteroatoms. The number of nitrogens with zero attached hydrogens (tertiary/aromatic N) is 5. The van der Waals surface area contributed by atoms with Crippen molar-refractivity contribution >= 4 is 52.4 Å². The monoisotopic (exact) mass is 1040 g/mol. The number of nitrogens with two attached hydrogens (primary N) is 1. The van der Waals surface area contributed by atoms with Crippen molar-refractivity contribution in [3.8, 4) is 11.8 Å². The highest BCUT2D eigenvalue weighted by Gasteiger charge is 2.40. The predicted octanol–water partition coefficient (Wildman–Crippen LogP) is 2.64. The largest absolute Gasteiger partial charge is 0.756 e. The number of carbonyl (C=O) groups excluding carboxylic acids is 2. The molecule has 0 spiro atoms. The Morgan fingerprint density at radius 1 is 1.03 bits per heavy atom. The number of carbonyl (C=O) groups is 2. The average molecular weight is 1040 g/mol. The summed E-state index contributed by atoms with van der Waals surface area (Å²) in [5.41, 5.74) is 13.3. The smallest absolute Gasteiger partial charge is 0.487 e. The molecule has 21 nitrogen and oxygen atoms in total. The van der Waals surface area contributed by atoms with Gasteiger partial charge >= 0.3 is 21.3 Å². The molecule has 1 aromatic heterocycles. The lowest BCUT2D eigenvalue weighted by Gasteiger charge is -2.36. The molecule has 0 saturated carbocycles. The molecule has 2 amide bonds. The number of rotatable bonds is 17. The zero-order chi connectivity index (χ0) is 51.6. The fraction of sp³-hybridized carbons (Fsp3) is 0.426. The summed E-state index contributed by atoms with van der Waals surface area (Å²) in [6.07, 6.45) is 2.26. The third-order valence-electron chi connectivity index (χ3n) is 12.7. The van der Waals surface area contributed by atoms with Gasteiger partial charge in [-0.1, -0.05) is 50.0 Å². The number of aryl methyl sites for hydroxylation is 1. The van der Waals surface area contributed by atoms with Gasteiger partial charge in [0.25, 0.3) is 13.7 Å². The lowest BCUT2D eigenvalue weighted by atomic mass is 9.68. The van der Waals surface area contributed by atoms with E-state index in [1.165, 1.54) is 28.2 Å². The van der Waals surface area contributed by atoms with Crippen LogP contribution in [0.2, 0.25) is 0 Å². The highest BCUT2D eigenvalue weighted by atomic mass is 31.3. The minimum atomic E-state index is -5.81. The number of hydrogen-bond donors (Lipinski definition) is 5. The Morgan fingerprint density at radius 3 is 2.49 bits per heavy atom. The van der Waals surface area contributed by atoms with E-state index in [2.05, 4.69) is 95.9 Å². The Hall–Kier alpha value is -5.32.